The number of carbonyl (C=O) groups excluding carboxylic acids is 1. The molecule has 0 heterocycles. The predicted molar refractivity (Wildman–Crippen MR) is 96.6 cm³/mol. The van der Waals surface area contributed by atoms with Crippen molar-refractivity contribution in [2.24, 2.45) is 5.92 Å². The second kappa shape index (κ2) is 8.74. The lowest BCUT2D eigenvalue weighted by Crippen LogP contribution is -2.45. The van der Waals surface area contributed by atoms with Crippen molar-refractivity contribution in [2.45, 2.75) is 37.6 Å². The molecule has 2 aromatic carbocycles. The number of benzene rings is 2. The standard InChI is InChI=1S/C19H20F3NO4S/c1-13(2)17(23-28(25,26)16-6-4-3-5-7-16)18(24)27-12-14-8-10-15(11-9-14)19(20,21)22/h3-11,13,17,23H,12H2,1-2H3/t17-/m0/s1. The molecule has 0 aliphatic heterocycles. The van der Waals surface area contributed by atoms with Crippen molar-refractivity contribution in [3.05, 3.63) is 65.7 Å². The first-order chi connectivity index (χ1) is 13.0. The Kier molecular flexibility index (Phi) is 6.84. The Morgan fingerprint density at radius 1 is 1.04 bits per heavy atom. The van der Waals surface area contributed by atoms with Crippen molar-refractivity contribution >= 4 is 16.0 Å². The molecule has 9 heteroatoms. The third-order valence-electron chi connectivity index (χ3n) is 3.92. The van der Waals surface area contributed by atoms with Gasteiger partial charge in [0.2, 0.25) is 10.0 Å². The van der Waals surface area contributed by atoms with E-state index in [-0.39, 0.29) is 11.5 Å². The first kappa shape index (κ1) is 21.9. The van der Waals surface area contributed by atoms with Gasteiger partial charge in [-0.2, -0.15) is 17.9 Å². The molecule has 1 atom stereocenters. The number of alkyl halides is 3. The fourth-order valence-electron chi connectivity index (χ4n) is 2.33. The van der Waals surface area contributed by atoms with Gasteiger partial charge in [-0.25, -0.2) is 8.42 Å². The summed E-state index contributed by atoms with van der Waals surface area (Å²) in [7, 11) is -3.93. The summed E-state index contributed by atoms with van der Waals surface area (Å²) in [5.74, 6) is -1.21. The Morgan fingerprint density at radius 2 is 1.61 bits per heavy atom. The highest BCUT2D eigenvalue weighted by atomic mass is 32.2. The van der Waals surface area contributed by atoms with E-state index in [0.29, 0.717) is 5.56 Å². The molecule has 0 fully saturated rings. The van der Waals surface area contributed by atoms with Gasteiger partial charge in [0.1, 0.15) is 12.6 Å². The maximum absolute atomic E-state index is 12.6. The molecular formula is C19H20F3NO4S. The van der Waals surface area contributed by atoms with Crippen LogP contribution in [0.1, 0.15) is 25.0 Å². The van der Waals surface area contributed by atoms with Crippen LogP contribution in [0.15, 0.2) is 59.5 Å². The lowest BCUT2D eigenvalue weighted by Gasteiger charge is -2.21. The summed E-state index contributed by atoms with van der Waals surface area (Å²) in [6.45, 7) is 3.03. The number of nitrogens with one attached hydrogen (secondary N) is 1. The zero-order chi connectivity index (χ0) is 20.9. The zero-order valence-corrected chi connectivity index (χ0v) is 16.0. The number of sulfonamides is 1. The van der Waals surface area contributed by atoms with Crippen molar-refractivity contribution in [3.8, 4) is 0 Å². The van der Waals surface area contributed by atoms with E-state index < -0.39 is 39.7 Å². The minimum absolute atomic E-state index is 0.0104. The van der Waals surface area contributed by atoms with E-state index in [1.54, 1.807) is 32.0 Å². The summed E-state index contributed by atoms with van der Waals surface area (Å²) in [5.41, 5.74) is -0.451. The minimum Gasteiger partial charge on any atom is -0.460 e. The van der Waals surface area contributed by atoms with Crippen LogP contribution >= 0.6 is 0 Å². The molecule has 0 saturated heterocycles. The average molecular weight is 415 g/mol. The molecule has 0 unspecified atom stereocenters. The molecule has 28 heavy (non-hydrogen) atoms. The van der Waals surface area contributed by atoms with Gasteiger partial charge in [-0.3, -0.25) is 4.79 Å². The molecular weight excluding hydrogens is 395 g/mol. The summed E-state index contributed by atoms with van der Waals surface area (Å²) >= 11 is 0. The number of esters is 1. The van der Waals surface area contributed by atoms with E-state index in [2.05, 4.69) is 4.72 Å². The molecule has 1 N–H and O–H groups in total. The SMILES string of the molecule is CC(C)[C@H](NS(=O)(=O)c1ccccc1)C(=O)OCc1ccc(C(F)(F)F)cc1. The van der Waals surface area contributed by atoms with Crippen LogP contribution in [-0.2, 0) is 32.3 Å². The minimum atomic E-state index is -4.45. The van der Waals surface area contributed by atoms with Crippen LogP contribution in [0, 0.1) is 5.92 Å². The number of halogens is 3. The second-order valence-corrected chi connectivity index (χ2v) is 8.17. The maximum atomic E-state index is 12.6. The highest BCUT2D eigenvalue weighted by Crippen LogP contribution is 2.29. The number of hydrogen-bond acceptors (Lipinski definition) is 4. The van der Waals surface area contributed by atoms with Crippen molar-refractivity contribution in [3.63, 3.8) is 0 Å². The van der Waals surface area contributed by atoms with Gasteiger partial charge in [0.25, 0.3) is 0 Å². The average Bonchev–Trinajstić information content (AvgIpc) is 2.64. The maximum Gasteiger partial charge on any atom is 0.416 e. The number of carbonyl (C=O) groups is 1. The van der Waals surface area contributed by atoms with Gasteiger partial charge in [-0.15, -0.1) is 0 Å². The molecule has 152 valence electrons. The van der Waals surface area contributed by atoms with Crippen LogP contribution in [0.3, 0.4) is 0 Å². The second-order valence-electron chi connectivity index (χ2n) is 6.46. The Hall–Kier alpha value is -2.39. The third kappa shape index (κ3) is 5.80. The summed E-state index contributed by atoms with van der Waals surface area (Å²) in [4.78, 5) is 12.4. The highest BCUT2D eigenvalue weighted by molar-refractivity contribution is 7.89. The molecule has 0 amide bonds. The quantitative estimate of drug-likeness (QED) is 0.699. The molecule has 2 rings (SSSR count). The largest absolute Gasteiger partial charge is 0.460 e. The Morgan fingerprint density at radius 3 is 2.11 bits per heavy atom. The first-order valence-corrected chi connectivity index (χ1v) is 9.89. The third-order valence-corrected chi connectivity index (χ3v) is 5.38. The fraction of sp³-hybridized carbons (Fsp3) is 0.316. The molecule has 0 aromatic heterocycles. The number of ether oxygens (including phenoxy) is 1. The Bertz CT molecular complexity index is 895. The lowest BCUT2D eigenvalue weighted by atomic mass is 10.1. The molecule has 0 spiro atoms. The molecule has 0 saturated carbocycles. The van der Waals surface area contributed by atoms with Gasteiger partial charge in [0, 0.05) is 0 Å². The van der Waals surface area contributed by atoms with Gasteiger partial charge in [0.15, 0.2) is 0 Å². The molecule has 0 bridgehead atoms. The van der Waals surface area contributed by atoms with Gasteiger partial charge in [-0.1, -0.05) is 44.2 Å². The number of rotatable bonds is 7. The Labute approximate surface area is 161 Å². The van der Waals surface area contributed by atoms with E-state index >= 15 is 0 Å². The monoisotopic (exact) mass is 415 g/mol. The Balaban J connectivity index is 2.05. The van der Waals surface area contributed by atoms with Crippen LogP contribution in [0.2, 0.25) is 0 Å². The van der Waals surface area contributed by atoms with Gasteiger partial charge >= 0.3 is 12.1 Å². The van der Waals surface area contributed by atoms with E-state index in [1.807, 2.05) is 0 Å². The first-order valence-electron chi connectivity index (χ1n) is 8.41. The van der Waals surface area contributed by atoms with Crippen LogP contribution < -0.4 is 4.72 Å². The smallest absolute Gasteiger partial charge is 0.416 e. The van der Waals surface area contributed by atoms with Crippen molar-refractivity contribution in [1.82, 2.24) is 4.72 Å². The van der Waals surface area contributed by atoms with Crippen LogP contribution in [0.25, 0.3) is 0 Å². The fourth-order valence-corrected chi connectivity index (χ4v) is 3.68. The summed E-state index contributed by atoms with van der Waals surface area (Å²) in [6, 6.07) is 10.6. The van der Waals surface area contributed by atoms with Crippen LogP contribution in [0.4, 0.5) is 13.2 Å². The van der Waals surface area contributed by atoms with Gasteiger partial charge in [-0.05, 0) is 35.7 Å². The van der Waals surface area contributed by atoms with E-state index in [1.165, 1.54) is 24.3 Å². The summed E-state index contributed by atoms with van der Waals surface area (Å²) in [5, 5.41) is 0. The molecule has 0 aliphatic carbocycles. The molecule has 5 nitrogen and oxygen atoms in total. The van der Waals surface area contributed by atoms with Crippen LogP contribution in [-0.4, -0.2) is 20.4 Å². The summed E-state index contributed by atoms with van der Waals surface area (Å²) in [6.07, 6.45) is -4.45. The molecule has 0 radical (unpaired) electrons. The number of hydrogen-bond donors (Lipinski definition) is 1. The van der Waals surface area contributed by atoms with Crippen molar-refractivity contribution < 1.29 is 31.1 Å². The topological polar surface area (TPSA) is 72.5 Å². The lowest BCUT2D eigenvalue weighted by molar-refractivity contribution is -0.148. The van der Waals surface area contributed by atoms with E-state index in [4.69, 9.17) is 4.74 Å². The molecule has 2 aromatic rings. The molecule has 0 aliphatic rings. The van der Waals surface area contributed by atoms with E-state index in [9.17, 15) is 26.4 Å². The zero-order valence-electron chi connectivity index (χ0n) is 15.2. The van der Waals surface area contributed by atoms with Crippen molar-refractivity contribution in [2.75, 3.05) is 0 Å². The highest BCUT2D eigenvalue weighted by Gasteiger charge is 2.31. The predicted octanol–water partition coefficient (Wildman–Crippen LogP) is 3.75. The summed E-state index contributed by atoms with van der Waals surface area (Å²) < 4.78 is 70.0. The van der Waals surface area contributed by atoms with Gasteiger partial charge in [0.05, 0.1) is 10.5 Å². The normalized spacial score (nSPS) is 13.4. The van der Waals surface area contributed by atoms with E-state index in [0.717, 1.165) is 12.1 Å². The van der Waals surface area contributed by atoms with Crippen molar-refractivity contribution in [1.29, 1.82) is 0 Å². The van der Waals surface area contributed by atoms with Gasteiger partial charge < -0.3 is 4.74 Å². The van der Waals surface area contributed by atoms with Crippen LogP contribution in [0.5, 0.6) is 0 Å².